The third-order valence-corrected chi connectivity index (χ3v) is 3.56. The molecule has 2 heterocycles. The van der Waals surface area contributed by atoms with E-state index in [-0.39, 0.29) is 6.04 Å². The Morgan fingerprint density at radius 2 is 2.11 bits per heavy atom. The van der Waals surface area contributed by atoms with E-state index < -0.39 is 0 Å². The van der Waals surface area contributed by atoms with Gasteiger partial charge in [-0.15, -0.1) is 0 Å². The highest BCUT2D eigenvalue weighted by Crippen LogP contribution is 2.35. The van der Waals surface area contributed by atoms with Crippen LogP contribution in [0.15, 0.2) is 28.7 Å². The van der Waals surface area contributed by atoms with Gasteiger partial charge in [0.05, 0.1) is 28.4 Å². The third-order valence-electron chi connectivity index (χ3n) is 2.70. The summed E-state index contributed by atoms with van der Waals surface area (Å²) in [6.45, 7) is 1.87. The molecule has 1 aromatic carbocycles. The lowest BCUT2D eigenvalue weighted by Gasteiger charge is -2.02. The number of nitrogens with two attached hydrogens (primary N) is 1. The number of benzene rings is 1. The van der Waals surface area contributed by atoms with Crippen LogP contribution in [-0.2, 0) is 0 Å². The Bertz CT molecular complexity index is 704. The maximum absolute atomic E-state index is 6.23. The molecule has 6 heteroatoms. The SMILES string of the molecule is CC(N)c1ccc(-c2c(Cl)ccc3nsnc23)o1. The molecule has 0 amide bonds. The van der Waals surface area contributed by atoms with Crippen molar-refractivity contribution >= 4 is 34.4 Å². The van der Waals surface area contributed by atoms with Gasteiger partial charge in [0, 0.05) is 0 Å². The minimum Gasteiger partial charge on any atom is -0.459 e. The van der Waals surface area contributed by atoms with E-state index in [0.29, 0.717) is 10.8 Å². The summed E-state index contributed by atoms with van der Waals surface area (Å²) in [5, 5.41) is 0.598. The van der Waals surface area contributed by atoms with Crippen LogP contribution in [0.4, 0.5) is 0 Å². The summed E-state index contributed by atoms with van der Waals surface area (Å²) in [7, 11) is 0. The molecule has 0 spiro atoms. The average molecular weight is 280 g/mol. The first kappa shape index (κ1) is 11.6. The summed E-state index contributed by atoms with van der Waals surface area (Å²) in [4.78, 5) is 0. The van der Waals surface area contributed by atoms with Crippen molar-refractivity contribution in [2.45, 2.75) is 13.0 Å². The van der Waals surface area contributed by atoms with Gasteiger partial charge in [-0.2, -0.15) is 8.75 Å². The quantitative estimate of drug-likeness (QED) is 0.778. The van der Waals surface area contributed by atoms with E-state index >= 15 is 0 Å². The van der Waals surface area contributed by atoms with Crippen molar-refractivity contribution < 1.29 is 4.42 Å². The molecule has 3 aromatic rings. The van der Waals surface area contributed by atoms with Crippen LogP contribution < -0.4 is 5.73 Å². The van der Waals surface area contributed by atoms with E-state index in [4.69, 9.17) is 21.8 Å². The van der Waals surface area contributed by atoms with Gasteiger partial charge < -0.3 is 10.2 Å². The van der Waals surface area contributed by atoms with Crippen molar-refractivity contribution in [3.63, 3.8) is 0 Å². The average Bonchev–Trinajstić information content (AvgIpc) is 2.95. The predicted molar refractivity (Wildman–Crippen MR) is 72.7 cm³/mol. The van der Waals surface area contributed by atoms with Crippen molar-refractivity contribution in [3.8, 4) is 11.3 Å². The van der Waals surface area contributed by atoms with Crippen LogP contribution >= 0.6 is 23.3 Å². The molecule has 0 aliphatic carbocycles. The predicted octanol–water partition coefficient (Wildman–Crippen LogP) is 3.62. The maximum atomic E-state index is 6.23. The Morgan fingerprint density at radius 3 is 2.83 bits per heavy atom. The molecule has 3 rings (SSSR count). The maximum Gasteiger partial charge on any atom is 0.138 e. The standard InChI is InChI=1S/C12H10ClN3OS/c1-6(14)9-4-5-10(17-9)11-7(13)2-3-8-12(11)16-18-15-8/h2-6H,14H2,1H3. The second kappa shape index (κ2) is 4.35. The minimum atomic E-state index is -0.148. The summed E-state index contributed by atoms with van der Waals surface area (Å²) >= 11 is 7.39. The van der Waals surface area contributed by atoms with Crippen LogP contribution in [0.5, 0.6) is 0 Å². The van der Waals surface area contributed by atoms with Gasteiger partial charge in [-0.25, -0.2) is 0 Å². The van der Waals surface area contributed by atoms with E-state index in [9.17, 15) is 0 Å². The van der Waals surface area contributed by atoms with Crippen LogP contribution in [-0.4, -0.2) is 8.75 Å². The smallest absolute Gasteiger partial charge is 0.138 e. The molecule has 0 bridgehead atoms. The monoisotopic (exact) mass is 279 g/mol. The Morgan fingerprint density at radius 1 is 1.28 bits per heavy atom. The highest BCUT2D eigenvalue weighted by molar-refractivity contribution is 7.00. The zero-order valence-corrected chi connectivity index (χ0v) is 11.1. The second-order valence-electron chi connectivity index (χ2n) is 4.05. The van der Waals surface area contributed by atoms with Gasteiger partial charge in [-0.05, 0) is 31.2 Å². The molecule has 2 N–H and O–H groups in total. The van der Waals surface area contributed by atoms with E-state index in [2.05, 4.69) is 8.75 Å². The number of nitrogens with zero attached hydrogens (tertiary/aromatic N) is 2. The highest BCUT2D eigenvalue weighted by Gasteiger charge is 2.16. The molecular weight excluding hydrogens is 270 g/mol. The second-order valence-corrected chi connectivity index (χ2v) is 4.98. The summed E-state index contributed by atoms with van der Waals surface area (Å²) in [6.07, 6.45) is 0. The molecule has 1 atom stereocenters. The lowest BCUT2D eigenvalue weighted by molar-refractivity contribution is 0.491. The molecule has 0 aliphatic heterocycles. The highest BCUT2D eigenvalue weighted by atomic mass is 35.5. The topological polar surface area (TPSA) is 64.9 Å². The fourth-order valence-corrected chi connectivity index (χ4v) is 2.58. The number of hydrogen-bond donors (Lipinski definition) is 1. The fourth-order valence-electron chi connectivity index (χ4n) is 1.79. The van der Waals surface area contributed by atoms with Crippen LogP contribution in [0.25, 0.3) is 22.4 Å². The third kappa shape index (κ3) is 1.80. The van der Waals surface area contributed by atoms with E-state index in [1.165, 1.54) is 0 Å². The molecule has 0 saturated heterocycles. The van der Waals surface area contributed by atoms with Gasteiger partial charge >= 0.3 is 0 Å². The van der Waals surface area contributed by atoms with Crippen molar-refractivity contribution in [2.24, 2.45) is 5.73 Å². The first-order valence-corrected chi connectivity index (χ1v) is 6.54. The Labute approximate surface area is 113 Å². The molecule has 1 unspecified atom stereocenters. The van der Waals surface area contributed by atoms with Crippen LogP contribution in [0.1, 0.15) is 18.7 Å². The van der Waals surface area contributed by atoms with Gasteiger partial charge in [0.25, 0.3) is 0 Å². The minimum absolute atomic E-state index is 0.148. The van der Waals surface area contributed by atoms with E-state index in [0.717, 1.165) is 34.1 Å². The lowest BCUT2D eigenvalue weighted by Crippen LogP contribution is -2.02. The summed E-state index contributed by atoms with van der Waals surface area (Å²) in [5.41, 5.74) is 8.14. The molecule has 4 nitrogen and oxygen atoms in total. The molecule has 18 heavy (non-hydrogen) atoms. The van der Waals surface area contributed by atoms with Crippen molar-refractivity contribution in [2.75, 3.05) is 0 Å². The Hall–Kier alpha value is -1.43. The van der Waals surface area contributed by atoms with Crippen molar-refractivity contribution in [3.05, 3.63) is 35.0 Å². The molecule has 2 aromatic heterocycles. The number of halogens is 1. The molecule has 92 valence electrons. The van der Waals surface area contributed by atoms with Gasteiger partial charge in [-0.1, -0.05) is 11.6 Å². The summed E-state index contributed by atoms with van der Waals surface area (Å²) in [6, 6.07) is 7.22. The van der Waals surface area contributed by atoms with Crippen LogP contribution in [0.2, 0.25) is 5.02 Å². The molecule has 0 aliphatic rings. The van der Waals surface area contributed by atoms with Crippen LogP contribution in [0.3, 0.4) is 0 Å². The first-order chi connectivity index (χ1) is 8.66. The first-order valence-electron chi connectivity index (χ1n) is 5.43. The molecular formula is C12H10ClN3OS. The number of rotatable bonds is 2. The Balaban J connectivity index is 2.23. The molecule has 0 saturated carbocycles. The van der Waals surface area contributed by atoms with Crippen molar-refractivity contribution in [1.29, 1.82) is 0 Å². The van der Waals surface area contributed by atoms with Crippen LogP contribution in [0, 0.1) is 0 Å². The van der Waals surface area contributed by atoms with Gasteiger partial charge in [0.2, 0.25) is 0 Å². The van der Waals surface area contributed by atoms with Crippen molar-refractivity contribution in [1.82, 2.24) is 8.75 Å². The van der Waals surface area contributed by atoms with Gasteiger partial charge in [0.15, 0.2) is 0 Å². The molecule has 0 fully saturated rings. The zero-order chi connectivity index (χ0) is 12.7. The normalized spacial score (nSPS) is 13.1. The lowest BCUT2D eigenvalue weighted by atomic mass is 10.1. The number of aromatic nitrogens is 2. The van der Waals surface area contributed by atoms with Gasteiger partial charge in [0.1, 0.15) is 22.6 Å². The number of fused-ring (bicyclic) bond motifs is 1. The molecule has 0 radical (unpaired) electrons. The number of furan rings is 1. The van der Waals surface area contributed by atoms with Gasteiger partial charge in [-0.3, -0.25) is 0 Å². The van der Waals surface area contributed by atoms with E-state index in [1.807, 2.05) is 25.1 Å². The Kier molecular flexibility index (Phi) is 2.81. The fraction of sp³-hybridized carbons (Fsp3) is 0.167. The van der Waals surface area contributed by atoms with E-state index in [1.54, 1.807) is 6.07 Å². The largest absolute Gasteiger partial charge is 0.459 e. The number of hydrogen-bond acceptors (Lipinski definition) is 5. The zero-order valence-electron chi connectivity index (χ0n) is 9.55. The summed E-state index contributed by atoms with van der Waals surface area (Å²) in [5.74, 6) is 1.40. The summed E-state index contributed by atoms with van der Waals surface area (Å²) < 4.78 is 14.2.